The van der Waals surface area contributed by atoms with Crippen LogP contribution in [-0.2, 0) is 0 Å². The lowest BCUT2D eigenvalue weighted by Gasteiger charge is -2.10. The standard InChI is InChI=1S/C9H11BrO3/c1-5(11)6-3-7(10)9(12)8(4-6)13-2/h3-5,11-12H,1-2H3/t5-/m0/s1. The third-order valence-electron chi connectivity index (χ3n) is 1.75. The molecule has 0 aliphatic rings. The van der Waals surface area contributed by atoms with Gasteiger partial charge in [-0.3, -0.25) is 0 Å². The van der Waals surface area contributed by atoms with Crippen molar-refractivity contribution in [2.24, 2.45) is 0 Å². The Kier molecular flexibility index (Phi) is 3.17. The van der Waals surface area contributed by atoms with Gasteiger partial charge < -0.3 is 14.9 Å². The molecule has 2 N–H and O–H groups in total. The number of halogens is 1. The first kappa shape index (κ1) is 10.3. The highest BCUT2D eigenvalue weighted by atomic mass is 79.9. The van der Waals surface area contributed by atoms with Crippen LogP contribution in [0.5, 0.6) is 11.5 Å². The van der Waals surface area contributed by atoms with Crippen molar-refractivity contribution in [1.29, 1.82) is 0 Å². The second-order valence-electron chi connectivity index (χ2n) is 2.73. The summed E-state index contributed by atoms with van der Waals surface area (Å²) < 4.78 is 5.44. The smallest absolute Gasteiger partial charge is 0.172 e. The molecule has 13 heavy (non-hydrogen) atoms. The summed E-state index contributed by atoms with van der Waals surface area (Å²) in [4.78, 5) is 0. The fourth-order valence-electron chi connectivity index (χ4n) is 0.991. The first-order valence-electron chi connectivity index (χ1n) is 3.80. The van der Waals surface area contributed by atoms with Gasteiger partial charge in [0.15, 0.2) is 11.5 Å². The van der Waals surface area contributed by atoms with Crippen molar-refractivity contribution in [2.75, 3.05) is 7.11 Å². The van der Waals surface area contributed by atoms with Crippen LogP contribution in [0.1, 0.15) is 18.6 Å². The molecule has 0 aromatic heterocycles. The predicted octanol–water partition coefficient (Wildman–Crippen LogP) is 2.22. The highest BCUT2D eigenvalue weighted by molar-refractivity contribution is 9.10. The molecule has 72 valence electrons. The van der Waals surface area contributed by atoms with Crippen molar-refractivity contribution in [3.63, 3.8) is 0 Å². The number of hydrogen-bond donors (Lipinski definition) is 2. The molecule has 4 heteroatoms. The quantitative estimate of drug-likeness (QED) is 0.842. The molecule has 1 aromatic rings. The van der Waals surface area contributed by atoms with Crippen LogP contribution in [0.2, 0.25) is 0 Å². The Morgan fingerprint density at radius 1 is 1.46 bits per heavy atom. The summed E-state index contributed by atoms with van der Waals surface area (Å²) in [6.07, 6.45) is -0.578. The van der Waals surface area contributed by atoms with Crippen LogP contribution in [0.15, 0.2) is 16.6 Å². The monoisotopic (exact) mass is 246 g/mol. The number of aliphatic hydroxyl groups is 1. The van der Waals surface area contributed by atoms with Crippen LogP contribution in [0.25, 0.3) is 0 Å². The van der Waals surface area contributed by atoms with E-state index in [1.165, 1.54) is 7.11 Å². The molecular formula is C9H11BrO3. The van der Waals surface area contributed by atoms with Crippen LogP contribution in [-0.4, -0.2) is 17.3 Å². The molecule has 0 saturated carbocycles. The maximum absolute atomic E-state index is 9.45. The zero-order chi connectivity index (χ0) is 10.0. The molecule has 0 radical (unpaired) electrons. The number of methoxy groups -OCH3 is 1. The van der Waals surface area contributed by atoms with Gasteiger partial charge in [-0.1, -0.05) is 0 Å². The van der Waals surface area contributed by atoms with E-state index in [0.717, 1.165) is 0 Å². The number of phenolic OH excluding ortho intramolecular Hbond substituents is 1. The van der Waals surface area contributed by atoms with E-state index < -0.39 is 6.10 Å². The highest BCUT2D eigenvalue weighted by Crippen LogP contribution is 2.36. The average molecular weight is 247 g/mol. The van der Waals surface area contributed by atoms with E-state index in [1.807, 2.05) is 0 Å². The Hall–Kier alpha value is -0.740. The second-order valence-corrected chi connectivity index (χ2v) is 3.58. The molecule has 0 saturated heterocycles. The molecule has 0 aliphatic carbocycles. The van der Waals surface area contributed by atoms with Crippen LogP contribution in [0.4, 0.5) is 0 Å². The number of rotatable bonds is 2. The van der Waals surface area contributed by atoms with E-state index in [9.17, 15) is 10.2 Å². The van der Waals surface area contributed by atoms with Crippen LogP contribution in [0, 0.1) is 0 Å². The number of aromatic hydroxyl groups is 1. The summed E-state index contributed by atoms with van der Waals surface area (Å²) in [6, 6.07) is 3.26. The molecule has 1 atom stereocenters. The van der Waals surface area contributed by atoms with Gasteiger partial charge in [-0.05, 0) is 40.5 Å². The molecule has 0 unspecified atom stereocenters. The molecule has 1 aromatic carbocycles. The highest BCUT2D eigenvalue weighted by Gasteiger charge is 2.10. The number of phenols is 1. The second kappa shape index (κ2) is 3.98. The van der Waals surface area contributed by atoms with Gasteiger partial charge >= 0.3 is 0 Å². The van der Waals surface area contributed by atoms with Gasteiger partial charge in [0.1, 0.15) is 0 Å². The molecule has 1 rings (SSSR count). The normalized spacial score (nSPS) is 12.6. The van der Waals surface area contributed by atoms with E-state index in [2.05, 4.69) is 15.9 Å². The fraction of sp³-hybridized carbons (Fsp3) is 0.333. The predicted molar refractivity (Wildman–Crippen MR) is 53.0 cm³/mol. The minimum atomic E-state index is -0.578. The maximum Gasteiger partial charge on any atom is 0.172 e. The Morgan fingerprint density at radius 3 is 2.54 bits per heavy atom. The molecular weight excluding hydrogens is 236 g/mol. The lowest BCUT2D eigenvalue weighted by atomic mass is 10.1. The largest absolute Gasteiger partial charge is 0.503 e. The molecule has 0 heterocycles. The summed E-state index contributed by atoms with van der Waals surface area (Å²) in [5.41, 5.74) is 0.696. The van der Waals surface area contributed by atoms with Crippen molar-refractivity contribution in [1.82, 2.24) is 0 Å². The van der Waals surface area contributed by atoms with E-state index >= 15 is 0 Å². The Morgan fingerprint density at radius 2 is 2.08 bits per heavy atom. The first-order valence-corrected chi connectivity index (χ1v) is 4.60. The van der Waals surface area contributed by atoms with Crippen molar-refractivity contribution < 1.29 is 14.9 Å². The van der Waals surface area contributed by atoms with Crippen LogP contribution >= 0.6 is 15.9 Å². The Bertz CT molecular complexity index is 310. The van der Waals surface area contributed by atoms with Crippen molar-refractivity contribution in [2.45, 2.75) is 13.0 Å². The lowest BCUT2D eigenvalue weighted by molar-refractivity contribution is 0.198. The van der Waals surface area contributed by atoms with Gasteiger partial charge in [-0.2, -0.15) is 0 Å². The number of aliphatic hydroxyl groups excluding tert-OH is 1. The van der Waals surface area contributed by atoms with E-state index in [4.69, 9.17) is 4.74 Å². The molecule has 0 amide bonds. The number of ether oxygens (including phenoxy) is 1. The van der Waals surface area contributed by atoms with Crippen molar-refractivity contribution in [3.05, 3.63) is 22.2 Å². The van der Waals surface area contributed by atoms with E-state index in [0.29, 0.717) is 15.8 Å². The van der Waals surface area contributed by atoms with Crippen LogP contribution < -0.4 is 4.74 Å². The molecule has 0 spiro atoms. The van der Waals surface area contributed by atoms with Gasteiger partial charge in [0, 0.05) is 0 Å². The van der Waals surface area contributed by atoms with Crippen LogP contribution in [0.3, 0.4) is 0 Å². The average Bonchev–Trinajstić information content (AvgIpc) is 2.09. The first-order chi connectivity index (χ1) is 6.06. The fourth-order valence-corrected chi connectivity index (χ4v) is 1.45. The van der Waals surface area contributed by atoms with E-state index in [-0.39, 0.29) is 5.75 Å². The lowest BCUT2D eigenvalue weighted by Crippen LogP contribution is -1.93. The number of benzene rings is 1. The summed E-state index contributed by atoms with van der Waals surface area (Å²) >= 11 is 3.16. The van der Waals surface area contributed by atoms with Gasteiger partial charge in [-0.15, -0.1) is 0 Å². The summed E-state index contributed by atoms with van der Waals surface area (Å²) in [6.45, 7) is 1.65. The number of hydrogen-bond acceptors (Lipinski definition) is 3. The molecule has 0 bridgehead atoms. The SMILES string of the molecule is COc1cc([C@H](C)O)cc(Br)c1O. The van der Waals surface area contributed by atoms with E-state index in [1.54, 1.807) is 19.1 Å². The van der Waals surface area contributed by atoms with Gasteiger partial charge in [-0.25, -0.2) is 0 Å². The molecule has 0 fully saturated rings. The zero-order valence-corrected chi connectivity index (χ0v) is 9.00. The maximum atomic E-state index is 9.45. The third-order valence-corrected chi connectivity index (χ3v) is 2.36. The summed E-state index contributed by atoms with van der Waals surface area (Å²) in [5, 5.41) is 18.8. The Balaban J connectivity index is 3.22. The summed E-state index contributed by atoms with van der Waals surface area (Å²) in [7, 11) is 1.47. The molecule has 3 nitrogen and oxygen atoms in total. The minimum Gasteiger partial charge on any atom is -0.503 e. The van der Waals surface area contributed by atoms with Gasteiger partial charge in [0.05, 0.1) is 17.7 Å². The summed E-state index contributed by atoms with van der Waals surface area (Å²) in [5.74, 6) is 0.400. The van der Waals surface area contributed by atoms with Gasteiger partial charge in [0.2, 0.25) is 0 Å². The zero-order valence-electron chi connectivity index (χ0n) is 7.41. The topological polar surface area (TPSA) is 49.7 Å². The molecule has 0 aliphatic heterocycles. The van der Waals surface area contributed by atoms with Crippen molar-refractivity contribution in [3.8, 4) is 11.5 Å². The minimum absolute atomic E-state index is 0.0481. The van der Waals surface area contributed by atoms with Crippen molar-refractivity contribution >= 4 is 15.9 Å². The Labute approximate surface area is 85.1 Å². The third kappa shape index (κ3) is 2.14. The van der Waals surface area contributed by atoms with Gasteiger partial charge in [0.25, 0.3) is 0 Å².